The van der Waals surface area contributed by atoms with E-state index in [1.807, 2.05) is 14.0 Å². The van der Waals surface area contributed by atoms with Gasteiger partial charge in [-0.2, -0.15) is 0 Å². The average Bonchev–Trinajstić information content (AvgIpc) is 2.63. The lowest BCUT2D eigenvalue weighted by Gasteiger charge is -2.17. The Labute approximate surface area is 91.3 Å². The molecule has 1 aromatic heterocycles. The number of nitrogens with zero attached hydrogens (tertiary/aromatic N) is 1. The Morgan fingerprint density at radius 2 is 2.07 bits per heavy atom. The van der Waals surface area contributed by atoms with E-state index in [1.54, 1.807) is 0 Å². The quantitative estimate of drug-likeness (QED) is 0.830. The molecule has 1 N–H and O–H groups in total. The molecule has 0 radical (unpaired) electrons. The number of hydrogen-bond donors (Lipinski definition) is 1. The summed E-state index contributed by atoms with van der Waals surface area (Å²) in [5, 5.41) is 3.11. The summed E-state index contributed by atoms with van der Waals surface area (Å²) in [5.74, 6) is 2.54. The van der Waals surface area contributed by atoms with Crippen LogP contribution in [0.2, 0.25) is 0 Å². The van der Waals surface area contributed by atoms with Gasteiger partial charge in [-0.3, -0.25) is 0 Å². The predicted molar refractivity (Wildman–Crippen MR) is 59.8 cm³/mol. The second-order valence-corrected chi connectivity index (χ2v) is 4.43. The summed E-state index contributed by atoms with van der Waals surface area (Å²) in [5.41, 5.74) is 1.05. The molecule has 1 aromatic rings. The molecule has 1 fully saturated rings. The van der Waals surface area contributed by atoms with Crippen LogP contribution in [0.3, 0.4) is 0 Å². The number of aromatic nitrogens is 1. The summed E-state index contributed by atoms with van der Waals surface area (Å²) < 4.78 is 5.82. The third-order valence-electron chi connectivity index (χ3n) is 3.20. The fourth-order valence-corrected chi connectivity index (χ4v) is 2.30. The van der Waals surface area contributed by atoms with Gasteiger partial charge in [-0.15, -0.1) is 0 Å². The zero-order valence-electron chi connectivity index (χ0n) is 9.68. The molecule has 15 heavy (non-hydrogen) atoms. The molecule has 0 unspecified atom stereocenters. The molecular weight excluding hydrogens is 188 g/mol. The Balaban J connectivity index is 2.10. The number of oxazole rings is 1. The van der Waals surface area contributed by atoms with Crippen molar-refractivity contribution in [2.75, 3.05) is 7.05 Å². The van der Waals surface area contributed by atoms with Crippen molar-refractivity contribution in [3.63, 3.8) is 0 Å². The van der Waals surface area contributed by atoms with Gasteiger partial charge in [-0.1, -0.05) is 19.3 Å². The molecule has 0 aromatic carbocycles. The summed E-state index contributed by atoms with van der Waals surface area (Å²) in [6, 6.07) is 0. The van der Waals surface area contributed by atoms with E-state index in [-0.39, 0.29) is 0 Å². The van der Waals surface area contributed by atoms with E-state index in [0.29, 0.717) is 5.92 Å². The van der Waals surface area contributed by atoms with Crippen LogP contribution in [-0.2, 0) is 6.54 Å². The SMILES string of the molecule is CNCc1oc(C2CCCCC2)nc1C. The highest BCUT2D eigenvalue weighted by atomic mass is 16.4. The maximum Gasteiger partial charge on any atom is 0.197 e. The first kappa shape index (κ1) is 10.7. The van der Waals surface area contributed by atoms with Crippen LogP contribution in [0.1, 0.15) is 55.4 Å². The van der Waals surface area contributed by atoms with Crippen molar-refractivity contribution < 1.29 is 4.42 Å². The van der Waals surface area contributed by atoms with Gasteiger partial charge in [0.15, 0.2) is 5.89 Å². The minimum Gasteiger partial charge on any atom is -0.444 e. The Morgan fingerprint density at radius 1 is 1.33 bits per heavy atom. The molecule has 0 spiro atoms. The molecule has 1 aliphatic carbocycles. The highest BCUT2D eigenvalue weighted by molar-refractivity contribution is 5.10. The van der Waals surface area contributed by atoms with Crippen LogP contribution in [0, 0.1) is 6.92 Å². The highest BCUT2D eigenvalue weighted by Crippen LogP contribution is 2.32. The smallest absolute Gasteiger partial charge is 0.197 e. The van der Waals surface area contributed by atoms with E-state index in [4.69, 9.17) is 4.42 Å². The molecular formula is C12H20N2O. The minimum atomic E-state index is 0.572. The third kappa shape index (κ3) is 2.40. The molecule has 1 aliphatic rings. The van der Waals surface area contributed by atoms with Gasteiger partial charge < -0.3 is 9.73 Å². The zero-order chi connectivity index (χ0) is 10.7. The molecule has 0 saturated heterocycles. The maximum absolute atomic E-state index is 5.82. The molecule has 84 valence electrons. The minimum absolute atomic E-state index is 0.572. The van der Waals surface area contributed by atoms with Crippen LogP contribution < -0.4 is 5.32 Å². The molecule has 0 atom stereocenters. The van der Waals surface area contributed by atoms with Crippen molar-refractivity contribution in [2.24, 2.45) is 0 Å². The second kappa shape index (κ2) is 4.79. The van der Waals surface area contributed by atoms with E-state index >= 15 is 0 Å². The fourth-order valence-electron chi connectivity index (χ4n) is 2.30. The summed E-state index contributed by atoms with van der Waals surface area (Å²) in [7, 11) is 1.93. The lowest BCUT2D eigenvalue weighted by molar-refractivity contribution is 0.349. The normalized spacial score (nSPS) is 18.3. The van der Waals surface area contributed by atoms with E-state index in [0.717, 1.165) is 23.9 Å². The average molecular weight is 208 g/mol. The van der Waals surface area contributed by atoms with Crippen molar-refractivity contribution in [3.8, 4) is 0 Å². The third-order valence-corrected chi connectivity index (χ3v) is 3.20. The number of nitrogens with one attached hydrogen (secondary N) is 1. The van der Waals surface area contributed by atoms with Crippen molar-refractivity contribution in [1.29, 1.82) is 0 Å². The topological polar surface area (TPSA) is 38.1 Å². The molecule has 3 heteroatoms. The zero-order valence-corrected chi connectivity index (χ0v) is 9.68. The molecule has 3 nitrogen and oxygen atoms in total. The van der Waals surface area contributed by atoms with Crippen molar-refractivity contribution in [1.82, 2.24) is 10.3 Å². The summed E-state index contributed by atoms with van der Waals surface area (Å²) in [6.45, 7) is 2.81. The van der Waals surface area contributed by atoms with Gasteiger partial charge in [-0.25, -0.2) is 4.98 Å². The fraction of sp³-hybridized carbons (Fsp3) is 0.750. The Hall–Kier alpha value is -0.830. The first-order valence-corrected chi connectivity index (χ1v) is 5.92. The maximum atomic E-state index is 5.82. The van der Waals surface area contributed by atoms with Crippen LogP contribution in [-0.4, -0.2) is 12.0 Å². The van der Waals surface area contributed by atoms with Crippen LogP contribution in [0.5, 0.6) is 0 Å². The van der Waals surface area contributed by atoms with E-state index in [9.17, 15) is 0 Å². The van der Waals surface area contributed by atoms with Crippen LogP contribution in [0.4, 0.5) is 0 Å². The summed E-state index contributed by atoms with van der Waals surface area (Å²) in [4.78, 5) is 4.55. The van der Waals surface area contributed by atoms with E-state index in [1.165, 1.54) is 32.1 Å². The largest absolute Gasteiger partial charge is 0.444 e. The molecule has 0 aliphatic heterocycles. The van der Waals surface area contributed by atoms with Gasteiger partial charge in [0.25, 0.3) is 0 Å². The summed E-state index contributed by atoms with van der Waals surface area (Å²) >= 11 is 0. The molecule has 2 rings (SSSR count). The van der Waals surface area contributed by atoms with Crippen molar-refractivity contribution in [3.05, 3.63) is 17.3 Å². The first-order chi connectivity index (χ1) is 7.31. The lowest BCUT2D eigenvalue weighted by atomic mass is 9.89. The van der Waals surface area contributed by atoms with Gasteiger partial charge in [0.1, 0.15) is 5.76 Å². The molecule has 0 amide bonds. The highest BCUT2D eigenvalue weighted by Gasteiger charge is 2.21. The van der Waals surface area contributed by atoms with Gasteiger partial charge in [0.2, 0.25) is 0 Å². The molecule has 1 heterocycles. The van der Waals surface area contributed by atoms with Crippen molar-refractivity contribution >= 4 is 0 Å². The van der Waals surface area contributed by atoms with E-state index < -0.39 is 0 Å². The van der Waals surface area contributed by atoms with Gasteiger partial charge >= 0.3 is 0 Å². The van der Waals surface area contributed by atoms with Gasteiger partial charge in [0, 0.05) is 5.92 Å². The Bertz CT molecular complexity index is 313. The van der Waals surface area contributed by atoms with Crippen LogP contribution in [0.15, 0.2) is 4.42 Å². The van der Waals surface area contributed by atoms with Crippen molar-refractivity contribution in [2.45, 2.75) is 51.5 Å². The van der Waals surface area contributed by atoms with Gasteiger partial charge in [0.05, 0.1) is 12.2 Å². The first-order valence-electron chi connectivity index (χ1n) is 5.92. The van der Waals surface area contributed by atoms with Crippen LogP contribution >= 0.6 is 0 Å². The summed E-state index contributed by atoms with van der Waals surface area (Å²) in [6.07, 6.45) is 6.53. The second-order valence-electron chi connectivity index (χ2n) is 4.43. The molecule has 0 bridgehead atoms. The number of hydrogen-bond acceptors (Lipinski definition) is 3. The van der Waals surface area contributed by atoms with Gasteiger partial charge in [-0.05, 0) is 26.8 Å². The molecule has 1 saturated carbocycles. The Kier molecular flexibility index (Phi) is 3.41. The number of rotatable bonds is 3. The predicted octanol–water partition coefficient (Wildman–Crippen LogP) is 2.75. The van der Waals surface area contributed by atoms with E-state index in [2.05, 4.69) is 10.3 Å². The number of aryl methyl sites for hydroxylation is 1. The standard InChI is InChI=1S/C12H20N2O/c1-9-11(8-13-2)15-12(14-9)10-6-4-3-5-7-10/h10,13H,3-8H2,1-2H3. The lowest BCUT2D eigenvalue weighted by Crippen LogP contribution is -2.05. The monoisotopic (exact) mass is 208 g/mol. The van der Waals surface area contributed by atoms with Crippen LogP contribution in [0.25, 0.3) is 0 Å². The Morgan fingerprint density at radius 3 is 2.73 bits per heavy atom.